The van der Waals surface area contributed by atoms with Crippen molar-refractivity contribution in [1.82, 2.24) is 14.8 Å². The predicted octanol–water partition coefficient (Wildman–Crippen LogP) is 3.39. The number of aromatic nitrogens is 3. The molecule has 3 nitrogen and oxygen atoms in total. The van der Waals surface area contributed by atoms with Crippen LogP contribution in [0.2, 0.25) is 0 Å². The molecule has 0 N–H and O–H groups in total. The van der Waals surface area contributed by atoms with Crippen LogP contribution in [0.3, 0.4) is 0 Å². The summed E-state index contributed by atoms with van der Waals surface area (Å²) in [6, 6.07) is 4.16. The Balaban J connectivity index is 2.57. The number of halogens is 2. The van der Waals surface area contributed by atoms with Crippen molar-refractivity contribution in [2.75, 3.05) is 0 Å². The van der Waals surface area contributed by atoms with Crippen LogP contribution < -0.4 is 0 Å². The third-order valence-corrected chi connectivity index (χ3v) is 3.93. The molecule has 16 heavy (non-hydrogen) atoms. The van der Waals surface area contributed by atoms with Gasteiger partial charge in [-0.3, -0.25) is 4.57 Å². The SMILES string of the molecule is Cc1cc(-n2cnnc2CCl)cc(C)c1Br. The van der Waals surface area contributed by atoms with E-state index in [1.54, 1.807) is 6.33 Å². The van der Waals surface area contributed by atoms with Crippen LogP contribution in [0.5, 0.6) is 0 Å². The lowest BCUT2D eigenvalue weighted by Gasteiger charge is -2.09. The van der Waals surface area contributed by atoms with Crippen molar-refractivity contribution in [2.24, 2.45) is 0 Å². The first kappa shape index (κ1) is 11.6. The molecular formula is C11H11BrClN3. The lowest BCUT2D eigenvalue weighted by molar-refractivity contribution is 0.947. The third-order valence-electron chi connectivity index (χ3n) is 2.44. The summed E-state index contributed by atoms with van der Waals surface area (Å²) in [5.41, 5.74) is 3.41. The predicted molar refractivity (Wildman–Crippen MR) is 68.1 cm³/mol. The highest BCUT2D eigenvalue weighted by molar-refractivity contribution is 9.10. The van der Waals surface area contributed by atoms with Gasteiger partial charge in [-0.05, 0) is 37.1 Å². The zero-order chi connectivity index (χ0) is 11.7. The second-order valence-corrected chi connectivity index (χ2v) is 4.70. The van der Waals surface area contributed by atoms with Gasteiger partial charge in [0, 0.05) is 10.2 Å². The van der Waals surface area contributed by atoms with Gasteiger partial charge < -0.3 is 0 Å². The van der Waals surface area contributed by atoms with E-state index in [1.165, 1.54) is 11.1 Å². The van der Waals surface area contributed by atoms with E-state index in [1.807, 2.05) is 4.57 Å². The minimum Gasteiger partial charge on any atom is -0.285 e. The highest BCUT2D eigenvalue weighted by atomic mass is 79.9. The van der Waals surface area contributed by atoms with Gasteiger partial charge in [-0.15, -0.1) is 21.8 Å². The molecule has 2 rings (SSSR count). The van der Waals surface area contributed by atoms with Crippen LogP contribution in [0, 0.1) is 13.8 Å². The summed E-state index contributed by atoms with van der Waals surface area (Å²) in [5, 5.41) is 7.83. The van der Waals surface area contributed by atoms with Crippen molar-refractivity contribution in [3.63, 3.8) is 0 Å². The van der Waals surface area contributed by atoms with Gasteiger partial charge in [-0.25, -0.2) is 0 Å². The fourth-order valence-corrected chi connectivity index (χ4v) is 2.04. The maximum absolute atomic E-state index is 5.80. The van der Waals surface area contributed by atoms with Crippen molar-refractivity contribution in [3.05, 3.63) is 39.9 Å². The quantitative estimate of drug-likeness (QED) is 0.796. The van der Waals surface area contributed by atoms with Gasteiger partial charge in [0.2, 0.25) is 0 Å². The van der Waals surface area contributed by atoms with Crippen LogP contribution in [0.4, 0.5) is 0 Å². The third kappa shape index (κ3) is 1.99. The number of alkyl halides is 1. The molecule has 1 heterocycles. The van der Waals surface area contributed by atoms with Gasteiger partial charge in [0.05, 0.1) is 5.88 Å². The minimum atomic E-state index is 0.355. The number of aryl methyl sites for hydroxylation is 2. The summed E-state index contributed by atoms with van der Waals surface area (Å²) in [7, 11) is 0. The van der Waals surface area contributed by atoms with E-state index in [9.17, 15) is 0 Å². The van der Waals surface area contributed by atoms with E-state index >= 15 is 0 Å². The van der Waals surface area contributed by atoms with Crippen molar-refractivity contribution in [2.45, 2.75) is 19.7 Å². The van der Waals surface area contributed by atoms with Gasteiger partial charge in [-0.2, -0.15) is 0 Å². The number of benzene rings is 1. The van der Waals surface area contributed by atoms with Crippen LogP contribution in [0.15, 0.2) is 22.9 Å². The fraction of sp³-hybridized carbons (Fsp3) is 0.273. The topological polar surface area (TPSA) is 30.7 Å². The zero-order valence-corrected chi connectivity index (χ0v) is 11.4. The van der Waals surface area contributed by atoms with Crippen molar-refractivity contribution in [3.8, 4) is 5.69 Å². The molecule has 1 aromatic carbocycles. The van der Waals surface area contributed by atoms with E-state index < -0.39 is 0 Å². The number of nitrogens with zero attached hydrogens (tertiary/aromatic N) is 3. The Morgan fingerprint density at radius 3 is 2.50 bits per heavy atom. The van der Waals surface area contributed by atoms with Crippen molar-refractivity contribution >= 4 is 27.5 Å². The average molecular weight is 301 g/mol. The molecular weight excluding hydrogens is 289 g/mol. The van der Waals surface area contributed by atoms with Crippen LogP contribution in [0.25, 0.3) is 5.69 Å². The highest BCUT2D eigenvalue weighted by Gasteiger charge is 2.08. The standard InChI is InChI=1S/C11H11BrClN3/c1-7-3-9(4-8(2)11(7)12)16-6-14-15-10(16)5-13/h3-4,6H,5H2,1-2H3. The molecule has 0 aliphatic carbocycles. The molecule has 0 spiro atoms. The summed E-state index contributed by atoms with van der Waals surface area (Å²) in [5.74, 6) is 1.11. The maximum atomic E-state index is 5.80. The van der Waals surface area contributed by atoms with E-state index in [0.717, 1.165) is 16.0 Å². The van der Waals surface area contributed by atoms with Crippen molar-refractivity contribution in [1.29, 1.82) is 0 Å². The normalized spacial score (nSPS) is 10.8. The number of hydrogen-bond acceptors (Lipinski definition) is 2. The molecule has 5 heteroatoms. The summed E-state index contributed by atoms with van der Waals surface area (Å²) in [4.78, 5) is 0. The first-order valence-corrected chi connectivity index (χ1v) is 6.18. The zero-order valence-electron chi connectivity index (χ0n) is 9.04. The van der Waals surface area contributed by atoms with Gasteiger partial charge >= 0.3 is 0 Å². The molecule has 0 saturated carbocycles. The second-order valence-electron chi connectivity index (χ2n) is 3.64. The lowest BCUT2D eigenvalue weighted by Crippen LogP contribution is -1.99. The van der Waals surface area contributed by atoms with E-state index in [0.29, 0.717) is 5.88 Å². The average Bonchev–Trinajstić information content (AvgIpc) is 2.73. The molecule has 84 valence electrons. The Bertz CT molecular complexity index is 499. The number of hydrogen-bond donors (Lipinski definition) is 0. The molecule has 0 bridgehead atoms. The Labute approximate surface area is 108 Å². The van der Waals surface area contributed by atoms with Crippen LogP contribution in [-0.4, -0.2) is 14.8 Å². The molecule has 0 aliphatic rings. The Morgan fingerprint density at radius 1 is 1.31 bits per heavy atom. The summed E-state index contributed by atoms with van der Waals surface area (Å²) in [6.45, 7) is 4.12. The van der Waals surface area contributed by atoms with Gasteiger partial charge in [-0.1, -0.05) is 15.9 Å². The van der Waals surface area contributed by atoms with E-state index in [-0.39, 0.29) is 0 Å². The first-order chi connectivity index (χ1) is 7.63. The molecule has 0 unspecified atom stereocenters. The lowest BCUT2D eigenvalue weighted by atomic mass is 10.1. The van der Waals surface area contributed by atoms with Crippen LogP contribution >= 0.6 is 27.5 Å². The van der Waals surface area contributed by atoms with E-state index in [2.05, 4.69) is 52.1 Å². The van der Waals surface area contributed by atoms with Crippen LogP contribution in [0.1, 0.15) is 17.0 Å². The van der Waals surface area contributed by atoms with Crippen molar-refractivity contribution < 1.29 is 0 Å². The molecule has 0 saturated heterocycles. The fourth-order valence-electron chi connectivity index (χ4n) is 1.63. The second kappa shape index (κ2) is 4.55. The van der Waals surface area contributed by atoms with E-state index in [4.69, 9.17) is 11.6 Å². The van der Waals surface area contributed by atoms with Gasteiger partial charge in [0.25, 0.3) is 0 Å². The summed E-state index contributed by atoms with van der Waals surface area (Å²) in [6.07, 6.45) is 1.68. The molecule has 1 aromatic heterocycles. The Hall–Kier alpha value is -0.870. The monoisotopic (exact) mass is 299 g/mol. The molecule has 0 radical (unpaired) electrons. The molecule has 0 aliphatic heterocycles. The highest BCUT2D eigenvalue weighted by Crippen LogP contribution is 2.24. The maximum Gasteiger partial charge on any atom is 0.152 e. The molecule has 2 aromatic rings. The van der Waals surface area contributed by atoms with Gasteiger partial charge in [0.15, 0.2) is 5.82 Å². The Morgan fingerprint density at radius 2 is 1.94 bits per heavy atom. The smallest absolute Gasteiger partial charge is 0.152 e. The first-order valence-electron chi connectivity index (χ1n) is 4.85. The number of rotatable bonds is 2. The van der Waals surface area contributed by atoms with Gasteiger partial charge in [0.1, 0.15) is 6.33 Å². The molecule has 0 amide bonds. The molecule has 0 atom stereocenters. The molecule has 0 fully saturated rings. The minimum absolute atomic E-state index is 0.355. The largest absolute Gasteiger partial charge is 0.285 e. The summed E-state index contributed by atoms with van der Waals surface area (Å²) >= 11 is 9.35. The summed E-state index contributed by atoms with van der Waals surface area (Å²) < 4.78 is 3.04. The van der Waals surface area contributed by atoms with Crippen LogP contribution in [-0.2, 0) is 5.88 Å². The Kier molecular flexibility index (Phi) is 3.30.